The molecule has 5 nitrogen and oxygen atoms in total. The van der Waals surface area contributed by atoms with Crippen molar-refractivity contribution in [3.63, 3.8) is 0 Å². The van der Waals surface area contributed by atoms with E-state index in [1.807, 2.05) is 32.9 Å². The lowest BCUT2D eigenvalue weighted by Crippen LogP contribution is -2.33. The molecule has 2 aromatic rings. The third kappa shape index (κ3) is 5.60. The van der Waals surface area contributed by atoms with E-state index >= 15 is 0 Å². The first-order chi connectivity index (χ1) is 11.9. The number of carbonyl (C=O) groups is 2. The lowest BCUT2D eigenvalue weighted by Gasteiger charge is -2.14. The highest BCUT2D eigenvalue weighted by molar-refractivity contribution is 9.10. The van der Waals surface area contributed by atoms with Crippen LogP contribution in [0.25, 0.3) is 0 Å². The summed E-state index contributed by atoms with van der Waals surface area (Å²) in [7, 11) is 0. The van der Waals surface area contributed by atoms with Crippen molar-refractivity contribution in [3.05, 3.63) is 58.1 Å². The second-order valence-electron chi connectivity index (χ2n) is 5.86. The number of amides is 2. The van der Waals surface area contributed by atoms with Gasteiger partial charge < -0.3 is 15.4 Å². The zero-order valence-corrected chi connectivity index (χ0v) is 16.0. The molecule has 0 atom stereocenters. The summed E-state index contributed by atoms with van der Waals surface area (Å²) in [5, 5.41) is 5.38. The Morgan fingerprint density at radius 2 is 1.88 bits per heavy atom. The molecule has 2 amide bonds. The molecular weight excluding hydrogens is 384 g/mol. The van der Waals surface area contributed by atoms with Crippen LogP contribution in [0, 0.1) is 6.92 Å². The van der Waals surface area contributed by atoms with Crippen LogP contribution < -0.4 is 15.4 Å². The fourth-order valence-corrected chi connectivity index (χ4v) is 2.44. The SMILES string of the molecule is Cc1cc(NC(=O)CNC(=O)c2ccccc2OC(C)C)ccc1Br. The van der Waals surface area contributed by atoms with Crippen LogP contribution >= 0.6 is 15.9 Å². The Hall–Kier alpha value is -2.34. The van der Waals surface area contributed by atoms with Gasteiger partial charge in [0, 0.05) is 10.2 Å². The van der Waals surface area contributed by atoms with Gasteiger partial charge in [0.15, 0.2) is 0 Å². The first-order valence-corrected chi connectivity index (χ1v) is 8.76. The van der Waals surface area contributed by atoms with Crippen molar-refractivity contribution in [1.29, 1.82) is 0 Å². The number of nitrogens with one attached hydrogen (secondary N) is 2. The normalized spacial score (nSPS) is 10.4. The first kappa shape index (κ1) is 19.0. The van der Waals surface area contributed by atoms with Crippen LogP contribution in [0.4, 0.5) is 5.69 Å². The Morgan fingerprint density at radius 1 is 1.16 bits per heavy atom. The average molecular weight is 405 g/mol. The molecule has 0 unspecified atom stereocenters. The standard InChI is InChI=1S/C19H21BrN2O3/c1-12(2)25-17-7-5-4-6-15(17)19(24)21-11-18(23)22-14-8-9-16(20)13(3)10-14/h4-10,12H,11H2,1-3H3,(H,21,24)(H,22,23). The highest BCUT2D eigenvalue weighted by atomic mass is 79.9. The summed E-state index contributed by atoms with van der Waals surface area (Å²) in [6.07, 6.45) is -0.0436. The van der Waals surface area contributed by atoms with Crippen LogP contribution in [-0.4, -0.2) is 24.5 Å². The highest BCUT2D eigenvalue weighted by Gasteiger charge is 2.14. The van der Waals surface area contributed by atoms with Crippen molar-refractivity contribution in [2.75, 3.05) is 11.9 Å². The zero-order valence-electron chi connectivity index (χ0n) is 14.4. The third-order valence-electron chi connectivity index (χ3n) is 3.35. The molecule has 0 aliphatic heterocycles. The summed E-state index contributed by atoms with van der Waals surface area (Å²) in [4.78, 5) is 24.4. The first-order valence-electron chi connectivity index (χ1n) is 7.96. The number of hydrogen-bond donors (Lipinski definition) is 2. The van der Waals surface area contributed by atoms with Gasteiger partial charge in [0.05, 0.1) is 18.2 Å². The smallest absolute Gasteiger partial charge is 0.255 e. The van der Waals surface area contributed by atoms with Crippen LogP contribution in [0.2, 0.25) is 0 Å². The van der Waals surface area contributed by atoms with Gasteiger partial charge >= 0.3 is 0 Å². The second kappa shape index (κ2) is 8.67. The van der Waals surface area contributed by atoms with E-state index < -0.39 is 0 Å². The summed E-state index contributed by atoms with van der Waals surface area (Å²) in [6.45, 7) is 5.60. The van der Waals surface area contributed by atoms with E-state index in [4.69, 9.17) is 4.74 Å². The van der Waals surface area contributed by atoms with Crippen LogP contribution in [-0.2, 0) is 4.79 Å². The van der Waals surface area contributed by atoms with E-state index in [1.165, 1.54) is 0 Å². The molecule has 0 fully saturated rings. The third-order valence-corrected chi connectivity index (χ3v) is 4.24. The quantitative estimate of drug-likeness (QED) is 0.766. The molecule has 2 rings (SSSR count). The van der Waals surface area contributed by atoms with Gasteiger partial charge in [-0.05, 0) is 56.7 Å². The molecule has 0 spiro atoms. The fraction of sp³-hybridized carbons (Fsp3) is 0.263. The molecule has 25 heavy (non-hydrogen) atoms. The molecule has 0 saturated heterocycles. The average Bonchev–Trinajstić information content (AvgIpc) is 2.56. The molecule has 0 heterocycles. The zero-order chi connectivity index (χ0) is 18.4. The molecular formula is C19H21BrN2O3. The van der Waals surface area contributed by atoms with Gasteiger partial charge in [-0.15, -0.1) is 0 Å². The Morgan fingerprint density at radius 3 is 2.56 bits per heavy atom. The Labute approximate surface area is 155 Å². The number of carbonyl (C=O) groups excluding carboxylic acids is 2. The van der Waals surface area contributed by atoms with E-state index in [0.717, 1.165) is 10.0 Å². The minimum atomic E-state index is -0.349. The topological polar surface area (TPSA) is 67.4 Å². The molecule has 0 saturated carbocycles. The summed E-state index contributed by atoms with van der Waals surface area (Å²) < 4.78 is 6.60. The van der Waals surface area contributed by atoms with E-state index in [0.29, 0.717) is 17.0 Å². The largest absolute Gasteiger partial charge is 0.490 e. The molecule has 0 aliphatic rings. The van der Waals surface area contributed by atoms with Gasteiger partial charge in [0.1, 0.15) is 5.75 Å². The number of aryl methyl sites for hydroxylation is 1. The molecule has 2 N–H and O–H groups in total. The van der Waals surface area contributed by atoms with Crippen molar-refractivity contribution >= 4 is 33.4 Å². The number of halogens is 1. The van der Waals surface area contributed by atoms with Crippen molar-refractivity contribution in [2.45, 2.75) is 26.9 Å². The maximum Gasteiger partial charge on any atom is 0.255 e. The number of benzene rings is 2. The van der Waals surface area contributed by atoms with Crippen LogP contribution in [0.1, 0.15) is 29.8 Å². The maximum atomic E-state index is 12.3. The van der Waals surface area contributed by atoms with Crippen LogP contribution in [0.5, 0.6) is 5.75 Å². The number of para-hydroxylation sites is 1. The minimum Gasteiger partial charge on any atom is -0.490 e. The van der Waals surface area contributed by atoms with Gasteiger partial charge in [-0.25, -0.2) is 0 Å². The molecule has 132 valence electrons. The summed E-state index contributed by atoms with van der Waals surface area (Å²) >= 11 is 3.41. The Kier molecular flexibility index (Phi) is 6.58. The van der Waals surface area contributed by atoms with Gasteiger partial charge in [-0.1, -0.05) is 28.1 Å². The molecule has 0 bridgehead atoms. The number of rotatable bonds is 6. The monoisotopic (exact) mass is 404 g/mol. The van der Waals surface area contributed by atoms with E-state index in [2.05, 4.69) is 26.6 Å². The van der Waals surface area contributed by atoms with Crippen molar-refractivity contribution in [2.24, 2.45) is 0 Å². The lowest BCUT2D eigenvalue weighted by molar-refractivity contribution is -0.115. The fourth-order valence-electron chi connectivity index (χ4n) is 2.19. The maximum absolute atomic E-state index is 12.3. The number of anilines is 1. The Bertz CT molecular complexity index is 775. The van der Waals surface area contributed by atoms with Crippen LogP contribution in [0.15, 0.2) is 46.9 Å². The summed E-state index contributed by atoms with van der Waals surface area (Å²) in [5.41, 5.74) is 2.11. The van der Waals surface area contributed by atoms with Crippen molar-refractivity contribution < 1.29 is 14.3 Å². The van der Waals surface area contributed by atoms with Gasteiger partial charge in [-0.2, -0.15) is 0 Å². The highest BCUT2D eigenvalue weighted by Crippen LogP contribution is 2.20. The van der Waals surface area contributed by atoms with E-state index in [9.17, 15) is 9.59 Å². The Balaban J connectivity index is 1.95. The van der Waals surface area contributed by atoms with Crippen molar-refractivity contribution in [3.8, 4) is 5.75 Å². The second-order valence-corrected chi connectivity index (χ2v) is 6.71. The molecule has 6 heteroatoms. The molecule has 0 radical (unpaired) electrons. The predicted octanol–water partition coefficient (Wildman–Crippen LogP) is 3.91. The van der Waals surface area contributed by atoms with Gasteiger partial charge in [0.2, 0.25) is 5.91 Å². The van der Waals surface area contributed by atoms with E-state index in [-0.39, 0.29) is 24.5 Å². The van der Waals surface area contributed by atoms with Crippen LogP contribution in [0.3, 0.4) is 0 Å². The van der Waals surface area contributed by atoms with Gasteiger partial charge in [0.25, 0.3) is 5.91 Å². The summed E-state index contributed by atoms with van der Waals surface area (Å²) in [5.74, 6) is -0.144. The van der Waals surface area contributed by atoms with E-state index in [1.54, 1.807) is 30.3 Å². The molecule has 0 aromatic heterocycles. The van der Waals surface area contributed by atoms with Gasteiger partial charge in [-0.3, -0.25) is 9.59 Å². The molecule has 2 aromatic carbocycles. The number of ether oxygens (including phenoxy) is 1. The molecule has 0 aliphatic carbocycles. The lowest BCUT2D eigenvalue weighted by atomic mass is 10.2. The van der Waals surface area contributed by atoms with Crippen molar-refractivity contribution in [1.82, 2.24) is 5.32 Å². The summed E-state index contributed by atoms with van der Waals surface area (Å²) in [6, 6.07) is 12.5. The predicted molar refractivity (Wildman–Crippen MR) is 102 cm³/mol. The number of hydrogen-bond acceptors (Lipinski definition) is 3. The minimum absolute atomic E-state index is 0.0436.